The highest BCUT2D eigenvalue weighted by molar-refractivity contribution is 7.89. The molecule has 1 aliphatic heterocycles. The number of anilines is 1. The van der Waals surface area contributed by atoms with Gasteiger partial charge in [0.05, 0.1) is 4.90 Å². The van der Waals surface area contributed by atoms with Gasteiger partial charge in [0.2, 0.25) is 21.8 Å². The van der Waals surface area contributed by atoms with Crippen molar-refractivity contribution in [3.63, 3.8) is 0 Å². The second-order valence-electron chi connectivity index (χ2n) is 9.11. The summed E-state index contributed by atoms with van der Waals surface area (Å²) < 4.78 is 29.2. The number of benzene rings is 2. The van der Waals surface area contributed by atoms with Crippen molar-refractivity contribution in [1.29, 1.82) is 0 Å². The quantitative estimate of drug-likeness (QED) is 0.579. The van der Waals surface area contributed by atoms with E-state index in [0.717, 1.165) is 36.8 Å². The Hall–Kier alpha value is -2.71. The fourth-order valence-electron chi connectivity index (χ4n) is 4.63. The number of carbonyl (C=O) groups is 2. The van der Waals surface area contributed by atoms with Crippen LogP contribution in [-0.4, -0.2) is 32.3 Å². The van der Waals surface area contributed by atoms with Crippen molar-refractivity contribution in [3.8, 4) is 0 Å². The first kappa shape index (κ1) is 23.4. The maximum Gasteiger partial charge on any atom is 0.241 e. The highest BCUT2D eigenvalue weighted by Gasteiger charge is 2.30. The van der Waals surface area contributed by atoms with Gasteiger partial charge >= 0.3 is 0 Å². The van der Waals surface area contributed by atoms with Crippen LogP contribution >= 0.6 is 0 Å². The van der Waals surface area contributed by atoms with Gasteiger partial charge in [-0.3, -0.25) is 9.59 Å². The molecule has 7 nitrogen and oxygen atoms in total. The maximum absolute atomic E-state index is 13.3. The lowest BCUT2D eigenvalue weighted by Crippen LogP contribution is -2.52. The van der Waals surface area contributed by atoms with Crippen molar-refractivity contribution < 1.29 is 18.0 Å². The number of carbonyl (C=O) groups excluding carboxylic acids is 2. The molecule has 2 aliphatic rings. The number of aryl methyl sites for hydroxylation is 1. The summed E-state index contributed by atoms with van der Waals surface area (Å²) in [5, 5.41) is 5.87. The highest BCUT2D eigenvalue weighted by atomic mass is 32.2. The molecule has 4 rings (SSSR count). The van der Waals surface area contributed by atoms with Gasteiger partial charge in [0.15, 0.2) is 0 Å². The van der Waals surface area contributed by atoms with Gasteiger partial charge in [-0.15, -0.1) is 0 Å². The molecule has 0 unspecified atom stereocenters. The monoisotopic (exact) mass is 469 g/mol. The van der Waals surface area contributed by atoms with E-state index in [2.05, 4.69) is 22.3 Å². The summed E-state index contributed by atoms with van der Waals surface area (Å²) >= 11 is 0. The molecule has 0 saturated heterocycles. The predicted molar refractivity (Wildman–Crippen MR) is 127 cm³/mol. The molecule has 3 N–H and O–H groups in total. The molecular formula is C25H31N3O4S. The van der Waals surface area contributed by atoms with Crippen LogP contribution in [0.15, 0.2) is 53.4 Å². The average molecular weight is 470 g/mol. The van der Waals surface area contributed by atoms with Crippen LogP contribution in [0.1, 0.15) is 50.2 Å². The highest BCUT2D eigenvalue weighted by Crippen LogP contribution is 2.26. The molecule has 2 amide bonds. The smallest absolute Gasteiger partial charge is 0.241 e. The summed E-state index contributed by atoms with van der Waals surface area (Å²) in [5.41, 5.74) is 2.29. The maximum atomic E-state index is 13.3. The van der Waals surface area contributed by atoms with Crippen LogP contribution in [0, 0.1) is 5.92 Å². The Bertz CT molecular complexity index is 1120. The van der Waals surface area contributed by atoms with Gasteiger partial charge < -0.3 is 10.6 Å². The van der Waals surface area contributed by atoms with E-state index in [0.29, 0.717) is 24.4 Å². The first-order chi connectivity index (χ1) is 15.8. The van der Waals surface area contributed by atoms with Crippen LogP contribution < -0.4 is 15.4 Å². The molecule has 0 aromatic heterocycles. The molecule has 0 radical (unpaired) electrons. The molecule has 2 aromatic carbocycles. The first-order valence-electron chi connectivity index (χ1n) is 11.6. The summed E-state index contributed by atoms with van der Waals surface area (Å²) in [7, 11) is -3.95. The number of rotatable bonds is 7. The van der Waals surface area contributed by atoms with Gasteiger partial charge in [-0.2, -0.15) is 4.72 Å². The molecule has 176 valence electrons. The van der Waals surface area contributed by atoms with Crippen LogP contribution in [0.25, 0.3) is 0 Å². The van der Waals surface area contributed by atoms with Gasteiger partial charge in [-0.25, -0.2) is 8.42 Å². The second kappa shape index (κ2) is 10.1. The number of amides is 2. The number of fused-ring (bicyclic) bond motifs is 1. The zero-order valence-electron chi connectivity index (χ0n) is 18.8. The Labute approximate surface area is 195 Å². The Morgan fingerprint density at radius 1 is 1.09 bits per heavy atom. The van der Waals surface area contributed by atoms with Crippen molar-refractivity contribution in [2.75, 3.05) is 5.32 Å². The number of sulfonamides is 1. The van der Waals surface area contributed by atoms with Gasteiger partial charge in [0, 0.05) is 18.2 Å². The predicted octanol–water partition coefficient (Wildman–Crippen LogP) is 3.16. The Morgan fingerprint density at radius 3 is 2.61 bits per heavy atom. The standard InChI is InChI=1S/C25H31N3O4S/c1-17-7-5-6-10-21(17)27-25(30)23(15-18-8-3-2-4-9-18)28-33(31,32)20-12-13-22-19(16-20)11-14-24(29)26-22/h2-4,8-9,12-13,16-17,21,23,28H,5-7,10-11,14-15H2,1H3,(H,26,29)(H,27,30)/t17-,21+,23+/m1/s1. The molecule has 33 heavy (non-hydrogen) atoms. The van der Waals surface area contributed by atoms with Gasteiger partial charge in [-0.05, 0) is 60.9 Å². The lowest BCUT2D eigenvalue weighted by atomic mass is 9.86. The average Bonchev–Trinajstić information content (AvgIpc) is 2.80. The largest absolute Gasteiger partial charge is 0.352 e. The van der Waals surface area contributed by atoms with Crippen LogP contribution in [0.3, 0.4) is 0 Å². The molecule has 2 aromatic rings. The fraction of sp³-hybridized carbons (Fsp3) is 0.440. The second-order valence-corrected chi connectivity index (χ2v) is 10.8. The zero-order chi connectivity index (χ0) is 23.4. The minimum atomic E-state index is -3.95. The van der Waals surface area contributed by atoms with E-state index in [1.807, 2.05) is 30.3 Å². The summed E-state index contributed by atoms with van der Waals surface area (Å²) in [6, 6.07) is 13.2. The molecule has 8 heteroatoms. The molecule has 1 fully saturated rings. The van der Waals surface area contributed by atoms with Crippen molar-refractivity contribution in [3.05, 3.63) is 59.7 Å². The molecule has 3 atom stereocenters. The van der Waals surface area contributed by atoms with Crippen LogP contribution in [0.5, 0.6) is 0 Å². The number of hydrogen-bond acceptors (Lipinski definition) is 4. The minimum absolute atomic E-state index is 0.0568. The van der Waals surface area contributed by atoms with E-state index in [4.69, 9.17) is 0 Å². The summed E-state index contributed by atoms with van der Waals surface area (Å²) in [6.45, 7) is 2.13. The van der Waals surface area contributed by atoms with E-state index in [1.165, 1.54) is 6.07 Å². The SMILES string of the molecule is C[C@@H]1CCCC[C@@H]1NC(=O)[C@H](Cc1ccccc1)NS(=O)(=O)c1ccc2c(c1)CCC(=O)N2. The Balaban J connectivity index is 1.55. The van der Waals surface area contributed by atoms with E-state index >= 15 is 0 Å². The molecule has 1 aliphatic carbocycles. The first-order valence-corrected chi connectivity index (χ1v) is 13.1. The fourth-order valence-corrected chi connectivity index (χ4v) is 5.88. The van der Waals surface area contributed by atoms with Crippen molar-refractivity contribution in [2.45, 2.75) is 68.8 Å². The summed E-state index contributed by atoms with van der Waals surface area (Å²) in [5.74, 6) is -0.00768. The number of hydrogen-bond donors (Lipinski definition) is 3. The third kappa shape index (κ3) is 5.81. The minimum Gasteiger partial charge on any atom is -0.352 e. The van der Waals surface area contributed by atoms with Gasteiger partial charge in [0.25, 0.3) is 0 Å². The normalized spacial score (nSPS) is 21.5. The van der Waals surface area contributed by atoms with Crippen LogP contribution in [-0.2, 0) is 32.5 Å². The van der Waals surface area contributed by atoms with Crippen molar-refractivity contribution in [2.24, 2.45) is 5.92 Å². The van der Waals surface area contributed by atoms with Crippen molar-refractivity contribution >= 4 is 27.5 Å². The summed E-state index contributed by atoms with van der Waals surface area (Å²) in [4.78, 5) is 24.9. The van der Waals surface area contributed by atoms with Crippen molar-refractivity contribution in [1.82, 2.24) is 10.0 Å². The molecule has 1 heterocycles. The molecule has 0 spiro atoms. The third-order valence-electron chi connectivity index (χ3n) is 6.62. The third-order valence-corrected chi connectivity index (χ3v) is 8.09. The van der Waals surface area contributed by atoms with E-state index < -0.39 is 16.1 Å². The van der Waals surface area contributed by atoms with Gasteiger partial charge in [-0.1, -0.05) is 50.1 Å². The molecule has 0 bridgehead atoms. The molecular weight excluding hydrogens is 438 g/mol. The topological polar surface area (TPSA) is 104 Å². The van der Waals surface area contributed by atoms with Crippen LogP contribution in [0.4, 0.5) is 5.69 Å². The van der Waals surface area contributed by atoms with Crippen LogP contribution in [0.2, 0.25) is 0 Å². The molecule has 1 saturated carbocycles. The number of nitrogens with one attached hydrogen (secondary N) is 3. The summed E-state index contributed by atoms with van der Waals surface area (Å²) in [6.07, 6.45) is 5.26. The lowest BCUT2D eigenvalue weighted by Gasteiger charge is -2.31. The van der Waals surface area contributed by atoms with E-state index in [1.54, 1.807) is 12.1 Å². The Kier molecular flexibility index (Phi) is 7.14. The Morgan fingerprint density at radius 2 is 1.85 bits per heavy atom. The van der Waals surface area contributed by atoms with E-state index in [-0.39, 0.29) is 29.2 Å². The zero-order valence-corrected chi connectivity index (χ0v) is 19.7. The van der Waals surface area contributed by atoms with Gasteiger partial charge in [0.1, 0.15) is 6.04 Å². The van der Waals surface area contributed by atoms with E-state index in [9.17, 15) is 18.0 Å². The lowest BCUT2D eigenvalue weighted by molar-refractivity contribution is -0.124.